The van der Waals surface area contributed by atoms with E-state index in [1.165, 1.54) is 18.5 Å². The van der Waals surface area contributed by atoms with E-state index >= 15 is 0 Å². The van der Waals surface area contributed by atoms with E-state index in [2.05, 4.69) is 4.98 Å². The number of carbonyl (C=O) groups is 1. The van der Waals surface area contributed by atoms with E-state index in [4.69, 9.17) is 16.7 Å². The monoisotopic (exact) mass is 259 g/mol. The summed E-state index contributed by atoms with van der Waals surface area (Å²) < 4.78 is 0. The number of rotatable bonds is 3. The average Bonchev–Trinajstić information content (AvgIpc) is 2.38. The molecule has 1 N–H and O–H groups in total. The van der Waals surface area contributed by atoms with Crippen LogP contribution < -0.4 is 0 Å². The molecular weight excluding hydrogens is 250 g/mol. The van der Waals surface area contributed by atoms with Crippen molar-refractivity contribution in [3.63, 3.8) is 0 Å². The summed E-state index contributed by atoms with van der Waals surface area (Å²) in [6, 6.07) is 8.75. The topological polar surface area (TPSA) is 50.2 Å². The minimum absolute atomic E-state index is 0.232. The Kier molecular flexibility index (Phi) is 3.75. The summed E-state index contributed by atoms with van der Waals surface area (Å²) in [5.41, 5.74) is 1.75. The Labute approximate surface area is 109 Å². The molecule has 0 fully saturated rings. The lowest BCUT2D eigenvalue weighted by atomic mass is 10.1. The molecule has 0 saturated carbocycles. The van der Waals surface area contributed by atoms with Gasteiger partial charge in [-0.25, -0.2) is 4.79 Å². The van der Waals surface area contributed by atoms with E-state index in [1.807, 2.05) is 18.2 Å². The molecule has 0 saturated heterocycles. The first-order valence-corrected chi connectivity index (χ1v) is 5.65. The van der Waals surface area contributed by atoms with Gasteiger partial charge in [0.1, 0.15) is 0 Å². The first kappa shape index (κ1) is 12.3. The molecule has 0 spiro atoms. The van der Waals surface area contributed by atoms with Crippen LogP contribution in [0.3, 0.4) is 0 Å². The second-order valence-corrected chi connectivity index (χ2v) is 4.09. The first-order chi connectivity index (χ1) is 8.66. The van der Waals surface area contributed by atoms with Crippen molar-refractivity contribution in [2.75, 3.05) is 0 Å². The maximum atomic E-state index is 11.0. The van der Waals surface area contributed by atoms with Crippen molar-refractivity contribution >= 4 is 29.7 Å². The second-order valence-electron chi connectivity index (χ2n) is 3.65. The molecule has 18 heavy (non-hydrogen) atoms. The molecule has 0 aliphatic heterocycles. The van der Waals surface area contributed by atoms with Crippen molar-refractivity contribution < 1.29 is 9.90 Å². The molecule has 1 heterocycles. The van der Waals surface area contributed by atoms with Crippen molar-refractivity contribution in [1.29, 1.82) is 0 Å². The van der Waals surface area contributed by atoms with Crippen LogP contribution >= 0.6 is 11.6 Å². The van der Waals surface area contributed by atoms with Gasteiger partial charge in [-0.3, -0.25) is 4.98 Å². The Bertz CT molecular complexity index is 591. The molecule has 0 aliphatic carbocycles. The first-order valence-electron chi connectivity index (χ1n) is 5.28. The minimum atomic E-state index is -0.965. The highest BCUT2D eigenvalue weighted by Gasteiger charge is 2.06. The lowest BCUT2D eigenvalue weighted by molar-refractivity contribution is 0.0696. The van der Waals surface area contributed by atoms with E-state index in [0.29, 0.717) is 10.6 Å². The third-order valence-electron chi connectivity index (χ3n) is 2.41. The van der Waals surface area contributed by atoms with Gasteiger partial charge < -0.3 is 5.11 Å². The van der Waals surface area contributed by atoms with Crippen LogP contribution in [0.5, 0.6) is 0 Å². The number of benzene rings is 1. The van der Waals surface area contributed by atoms with Gasteiger partial charge in [0.2, 0.25) is 0 Å². The highest BCUT2D eigenvalue weighted by Crippen LogP contribution is 2.14. The van der Waals surface area contributed by atoms with Crippen LogP contribution in [-0.2, 0) is 0 Å². The molecule has 1 aromatic carbocycles. The molecule has 0 radical (unpaired) electrons. The highest BCUT2D eigenvalue weighted by molar-refractivity contribution is 6.30. The van der Waals surface area contributed by atoms with E-state index in [-0.39, 0.29) is 5.56 Å². The van der Waals surface area contributed by atoms with Crippen LogP contribution in [0.25, 0.3) is 12.2 Å². The van der Waals surface area contributed by atoms with E-state index in [0.717, 1.165) is 5.56 Å². The van der Waals surface area contributed by atoms with Gasteiger partial charge in [-0.2, -0.15) is 0 Å². The zero-order valence-corrected chi connectivity index (χ0v) is 10.1. The molecular formula is C14H10ClNO2. The van der Waals surface area contributed by atoms with Gasteiger partial charge in [-0.15, -0.1) is 0 Å². The van der Waals surface area contributed by atoms with Crippen molar-refractivity contribution in [2.45, 2.75) is 0 Å². The minimum Gasteiger partial charge on any atom is -0.478 e. The fourth-order valence-electron chi connectivity index (χ4n) is 1.49. The molecule has 3 nitrogen and oxygen atoms in total. The molecule has 1 aromatic heterocycles. The SMILES string of the molecule is O=C(O)c1ccncc1C=Cc1ccc(Cl)cc1. The van der Waals surface area contributed by atoms with Gasteiger partial charge in [0, 0.05) is 23.0 Å². The fraction of sp³-hybridized carbons (Fsp3) is 0. The molecule has 2 aromatic rings. The van der Waals surface area contributed by atoms with Crippen LogP contribution in [0.2, 0.25) is 5.02 Å². The Balaban J connectivity index is 2.29. The molecule has 4 heteroatoms. The summed E-state index contributed by atoms with van der Waals surface area (Å²) in [4.78, 5) is 14.9. The normalized spacial score (nSPS) is 10.7. The number of carboxylic acid groups (broad SMARTS) is 1. The van der Waals surface area contributed by atoms with Crippen molar-refractivity contribution in [1.82, 2.24) is 4.98 Å². The summed E-state index contributed by atoms with van der Waals surface area (Å²) in [5.74, 6) is -0.965. The summed E-state index contributed by atoms with van der Waals surface area (Å²) in [5, 5.41) is 9.69. The second kappa shape index (κ2) is 5.47. The number of aromatic nitrogens is 1. The van der Waals surface area contributed by atoms with Crippen molar-refractivity contribution in [3.05, 3.63) is 64.4 Å². The fourth-order valence-corrected chi connectivity index (χ4v) is 1.62. The molecule has 90 valence electrons. The van der Waals surface area contributed by atoms with Gasteiger partial charge in [0.25, 0.3) is 0 Å². The number of hydrogen-bond donors (Lipinski definition) is 1. The third kappa shape index (κ3) is 2.96. The predicted molar refractivity (Wildman–Crippen MR) is 71.6 cm³/mol. The number of nitrogens with zero attached hydrogens (tertiary/aromatic N) is 1. The van der Waals surface area contributed by atoms with E-state index in [9.17, 15) is 4.79 Å². The maximum absolute atomic E-state index is 11.0. The standard InChI is InChI=1S/C14H10ClNO2/c15-12-5-2-10(3-6-12)1-4-11-9-16-8-7-13(11)14(17)18/h1-9H,(H,17,18). The lowest BCUT2D eigenvalue weighted by Crippen LogP contribution is -1.99. The maximum Gasteiger partial charge on any atom is 0.336 e. The molecule has 2 rings (SSSR count). The van der Waals surface area contributed by atoms with Crippen LogP contribution in [-0.4, -0.2) is 16.1 Å². The van der Waals surface area contributed by atoms with Gasteiger partial charge in [-0.05, 0) is 23.8 Å². The number of hydrogen-bond acceptors (Lipinski definition) is 2. The molecule has 0 amide bonds. The Morgan fingerprint density at radius 3 is 2.56 bits per heavy atom. The Hall–Kier alpha value is -2.13. The Morgan fingerprint density at radius 1 is 1.17 bits per heavy atom. The average molecular weight is 260 g/mol. The summed E-state index contributed by atoms with van der Waals surface area (Å²) in [6.07, 6.45) is 6.53. The number of aromatic carboxylic acids is 1. The number of carboxylic acids is 1. The van der Waals surface area contributed by atoms with Gasteiger partial charge in [0.15, 0.2) is 0 Å². The summed E-state index contributed by atoms with van der Waals surface area (Å²) in [6.45, 7) is 0. The molecule has 0 bridgehead atoms. The third-order valence-corrected chi connectivity index (χ3v) is 2.66. The van der Waals surface area contributed by atoms with Crippen LogP contribution in [0.15, 0.2) is 42.7 Å². The van der Waals surface area contributed by atoms with Crippen molar-refractivity contribution in [2.24, 2.45) is 0 Å². The van der Waals surface area contributed by atoms with E-state index in [1.54, 1.807) is 18.2 Å². The van der Waals surface area contributed by atoms with Crippen LogP contribution in [0, 0.1) is 0 Å². The van der Waals surface area contributed by atoms with Gasteiger partial charge >= 0.3 is 5.97 Å². The highest BCUT2D eigenvalue weighted by atomic mass is 35.5. The van der Waals surface area contributed by atoms with Crippen molar-refractivity contribution in [3.8, 4) is 0 Å². The van der Waals surface area contributed by atoms with E-state index < -0.39 is 5.97 Å². The summed E-state index contributed by atoms with van der Waals surface area (Å²) in [7, 11) is 0. The smallest absolute Gasteiger partial charge is 0.336 e. The zero-order chi connectivity index (χ0) is 13.0. The summed E-state index contributed by atoms with van der Waals surface area (Å²) >= 11 is 5.78. The number of pyridine rings is 1. The molecule has 0 atom stereocenters. The molecule has 0 unspecified atom stereocenters. The Morgan fingerprint density at radius 2 is 1.89 bits per heavy atom. The lowest BCUT2D eigenvalue weighted by Gasteiger charge is -1.99. The van der Waals surface area contributed by atoms with Gasteiger partial charge in [-0.1, -0.05) is 35.9 Å². The predicted octanol–water partition coefficient (Wildman–Crippen LogP) is 3.60. The quantitative estimate of drug-likeness (QED) is 0.916. The van der Waals surface area contributed by atoms with Crippen LogP contribution in [0.4, 0.5) is 0 Å². The number of halogens is 1. The van der Waals surface area contributed by atoms with Gasteiger partial charge in [0.05, 0.1) is 5.56 Å². The largest absolute Gasteiger partial charge is 0.478 e. The zero-order valence-electron chi connectivity index (χ0n) is 9.38. The molecule has 0 aliphatic rings. The van der Waals surface area contributed by atoms with Crippen LogP contribution in [0.1, 0.15) is 21.5 Å².